The fraction of sp³-hybridized carbons (Fsp3) is 0.533. The topological polar surface area (TPSA) is 157 Å². The summed E-state index contributed by atoms with van der Waals surface area (Å²) in [6.45, 7) is 12.7. The average Bonchev–Trinajstić information content (AvgIpc) is 3.33. The van der Waals surface area contributed by atoms with E-state index in [0.717, 1.165) is 106 Å². The molecular formula is C60H84N6O2-2. The lowest BCUT2D eigenvalue weighted by atomic mass is 9.60. The monoisotopic (exact) mass is 921 g/mol. The lowest BCUT2D eigenvalue weighted by Gasteiger charge is -2.62. The van der Waals surface area contributed by atoms with Gasteiger partial charge in [-0.15, -0.1) is 12.2 Å². The van der Waals surface area contributed by atoms with Crippen molar-refractivity contribution in [3.8, 4) is 0 Å². The molecule has 368 valence electrons. The summed E-state index contributed by atoms with van der Waals surface area (Å²) < 4.78 is 0. The van der Waals surface area contributed by atoms with E-state index in [-0.39, 0.29) is 0 Å². The molecule has 0 unspecified atom stereocenters. The SMILES string of the molecule is CCCCCCCN(CCCCCCC)c1c2cccc(N)c2c(C2C([O-])C(c3c4c(N)cccc4c(N(CCCCCCC)CCCCCCC)c4cccc(N)c34)C2[O-])c2c(N)cccc12. The molecule has 8 nitrogen and oxygen atoms in total. The van der Waals surface area contributed by atoms with Gasteiger partial charge in [-0.3, -0.25) is 0 Å². The van der Waals surface area contributed by atoms with E-state index in [1.165, 1.54) is 103 Å². The molecule has 0 aromatic heterocycles. The van der Waals surface area contributed by atoms with E-state index >= 15 is 10.2 Å². The molecule has 0 heterocycles. The van der Waals surface area contributed by atoms with Crippen LogP contribution >= 0.6 is 0 Å². The van der Waals surface area contributed by atoms with Crippen molar-refractivity contribution in [1.82, 2.24) is 0 Å². The Kier molecular flexibility index (Phi) is 18.4. The van der Waals surface area contributed by atoms with Crippen molar-refractivity contribution >= 4 is 77.2 Å². The van der Waals surface area contributed by atoms with Gasteiger partial charge in [-0.25, -0.2) is 0 Å². The van der Waals surface area contributed by atoms with Crippen LogP contribution in [0.4, 0.5) is 34.1 Å². The molecule has 0 aliphatic heterocycles. The highest BCUT2D eigenvalue weighted by Crippen LogP contribution is 2.57. The van der Waals surface area contributed by atoms with Crippen LogP contribution in [0.1, 0.15) is 179 Å². The van der Waals surface area contributed by atoms with Gasteiger partial charge in [-0.05, 0) is 72.9 Å². The van der Waals surface area contributed by atoms with Crippen LogP contribution in [-0.4, -0.2) is 38.4 Å². The molecule has 8 heteroatoms. The first kappa shape index (κ1) is 50.9. The van der Waals surface area contributed by atoms with Gasteiger partial charge in [0.15, 0.2) is 0 Å². The van der Waals surface area contributed by atoms with E-state index in [2.05, 4.69) is 61.8 Å². The van der Waals surface area contributed by atoms with Crippen molar-refractivity contribution in [2.24, 2.45) is 0 Å². The minimum atomic E-state index is -1.30. The molecule has 6 aromatic rings. The summed E-state index contributed by atoms with van der Waals surface area (Å²) >= 11 is 0. The second-order valence-electron chi connectivity index (χ2n) is 20.2. The molecule has 1 aliphatic carbocycles. The van der Waals surface area contributed by atoms with Gasteiger partial charge in [0, 0.05) is 92.0 Å². The summed E-state index contributed by atoms with van der Waals surface area (Å²) in [7, 11) is 0. The first-order chi connectivity index (χ1) is 33.2. The zero-order valence-electron chi connectivity index (χ0n) is 42.2. The number of unbranched alkanes of at least 4 members (excludes halogenated alkanes) is 16. The average molecular weight is 921 g/mol. The third-order valence-corrected chi connectivity index (χ3v) is 15.3. The quantitative estimate of drug-likeness (QED) is 0.0215. The molecule has 1 fully saturated rings. The smallest absolute Gasteiger partial charge is 0.0527 e. The third kappa shape index (κ3) is 10.8. The van der Waals surface area contributed by atoms with E-state index in [1.54, 1.807) is 0 Å². The molecule has 0 atom stereocenters. The second kappa shape index (κ2) is 24.6. The van der Waals surface area contributed by atoms with Gasteiger partial charge in [0.2, 0.25) is 0 Å². The number of hydrogen-bond donors (Lipinski definition) is 4. The Bertz CT molecular complexity index is 2230. The second-order valence-corrected chi connectivity index (χ2v) is 20.2. The van der Waals surface area contributed by atoms with Crippen molar-refractivity contribution < 1.29 is 10.2 Å². The number of benzene rings is 6. The van der Waals surface area contributed by atoms with Gasteiger partial charge < -0.3 is 42.9 Å². The predicted octanol–water partition coefficient (Wildman–Crippen LogP) is 13.5. The number of nitrogen functional groups attached to an aromatic ring is 4. The number of fused-ring (bicyclic) bond motifs is 4. The van der Waals surface area contributed by atoms with Gasteiger partial charge in [-0.2, -0.15) is 0 Å². The van der Waals surface area contributed by atoms with E-state index in [0.29, 0.717) is 33.9 Å². The molecule has 0 saturated heterocycles. The Morgan fingerprint density at radius 1 is 0.353 bits per heavy atom. The van der Waals surface area contributed by atoms with Crippen molar-refractivity contribution in [2.45, 2.75) is 180 Å². The van der Waals surface area contributed by atoms with Crippen molar-refractivity contribution in [1.29, 1.82) is 0 Å². The van der Waals surface area contributed by atoms with Crippen LogP contribution in [0.15, 0.2) is 72.8 Å². The summed E-state index contributed by atoms with van der Waals surface area (Å²) in [6.07, 6.45) is 21.1. The molecule has 0 bridgehead atoms. The highest BCUT2D eigenvalue weighted by Gasteiger charge is 2.43. The normalized spacial score (nSPS) is 17.1. The van der Waals surface area contributed by atoms with Crippen molar-refractivity contribution in [3.63, 3.8) is 0 Å². The van der Waals surface area contributed by atoms with Crippen LogP contribution in [0.3, 0.4) is 0 Å². The van der Waals surface area contributed by atoms with E-state index < -0.39 is 24.0 Å². The Hall–Kier alpha value is -4.92. The van der Waals surface area contributed by atoms with Gasteiger partial charge in [0.05, 0.1) is 11.4 Å². The van der Waals surface area contributed by atoms with Crippen LogP contribution in [0.5, 0.6) is 0 Å². The van der Waals surface area contributed by atoms with Gasteiger partial charge >= 0.3 is 0 Å². The molecule has 0 radical (unpaired) electrons. The summed E-state index contributed by atoms with van der Waals surface area (Å²) in [5.41, 5.74) is 34.2. The fourth-order valence-electron chi connectivity index (χ4n) is 11.8. The third-order valence-electron chi connectivity index (χ3n) is 15.3. The molecule has 1 aliphatic rings. The minimum absolute atomic E-state index is 0.566. The molecule has 7 rings (SSSR count). The minimum Gasteiger partial charge on any atom is -0.851 e. The molecule has 0 spiro atoms. The lowest BCUT2D eigenvalue weighted by molar-refractivity contribution is -0.535. The van der Waals surface area contributed by atoms with Crippen LogP contribution in [0.2, 0.25) is 0 Å². The maximum Gasteiger partial charge on any atom is 0.0527 e. The van der Waals surface area contributed by atoms with Crippen LogP contribution < -0.4 is 42.9 Å². The van der Waals surface area contributed by atoms with Crippen LogP contribution in [-0.2, 0) is 0 Å². The first-order valence-electron chi connectivity index (χ1n) is 27.1. The molecular weight excluding hydrogens is 837 g/mol. The number of anilines is 6. The number of hydrogen-bond acceptors (Lipinski definition) is 8. The molecule has 1 saturated carbocycles. The summed E-state index contributed by atoms with van der Waals surface area (Å²) in [4.78, 5) is 5.12. The van der Waals surface area contributed by atoms with Crippen LogP contribution in [0, 0.1) is 0 Å². The molecule has 8 N–H and O–H groups in total. The Labute approximate surface area is 408 Å². The standard InChI is InChI=1S/C60H84N6O2/c1-5-9-13-17-21-37-65(38-22-18-14-10-6-2)57-41-29-25-33-45(61)49(41)53(50-42(57)30-26-34-46(50)62)55-59(67)56(60(55)68)54-51-43(31-27-35-47(51)63)58(44-32-28-36-48(64)52(44)54)66(39-23-19-15-11-7-3)40-24-20-16-12-8-4/h25-36,55-56,59-60H,5-24,37-40,61-64H2,1-4H3/q-2. The van der Waals surface area contributed by atoms with E-state index in [1.807, 2.05) is 48.5 Å². The van der Waals surface area contributed by atoms with Crippen molar-refractivity contribution in [3.05, 3.63) is 83.9 Å². The number of nitrogens with two attached hydrogens (primary N) is 4. The van der Waals surface area contributed by atoms with Crippen molar-refractivity contribution in [2.75, 3.05) is 58.9 Å². The largest absolute Gasteiger partial charge is 0.851 e. The zero-order chi connectivity index (χ0) is 48.2. The zero-order valence-corrected chi connectivity index (χ0v) is 42.2. The first-order valence-corrected chi connectivity index (χ1v) is 27.1. The summed E-state index contributed by atoms with van der Waals surface area (Å²) in [6, 6.07) is 24.3. The Morgan fingerprint density at radius 3 is 0.824 bits per heavy atom. The van der Waals surface area contributed by atoms with Crippen LogP contribution in [0.25, 0.3) is 43.1 Å². The molecule has 0 amide bonds. The van der Waals surface area contributed by atoms with Gasteiger partial charge in [-0.1, -0.05) is 179 Å². The Balaban J connectivity index is 1.37. The number of nitrogens with zero attached hydrogens (tertiary/aromatic N) is 2. The summed E-state index contributed by atoms with van der Waals surface area (Å²) in [5, 5.41) is 38.4. The molecule has 68 heavy (non-hydrogen) atoms. The number of rotatable bonds is 28. The van der Waals surface area contributed by atoms with E-state index in [9.17, 15) is 0 Å². The molecule has 6 aromatic carbocycles. The summed E-state index contributed by atoms with van der Waals surface area (Å²) in [5.74, 6) is -1.79. The highest BCUT2D eigenvalue weighted by atomic mass is 16.3. The maximum absolute atomic E-state index is 15.6. The van der Waals surface area contributed by atoms with Gasteiger partial charge in [0.1, 0.15) is 0 Å². The fourth-order valence-corrected chi connectivity index (χ4v) is 11.8. The lowest BCUT2D eigenvalue weighted by Crippen LogP contribution is -2.63. The van der Waals surface area contributed by atoms with Gasteiger partial charge in [0.25, 0.3) is 0 Å². The van der Waals surface area contributed by atoms with E-state index in [4.69, 9.17) is 22.9 Å². The Morgan fingerprint density at radius 2 is 0.588 bits per heavy atom. The predicted molar refractivity (Wildman–Crippen MR) is 293 cm³/mol. The highest BCUT2D eigenvalue weighted by molar-refractivity contribution is 6.21. The maximum atomic E-state index is 15.6.